The van der Waals surface area contributed by atoms with E-state index in [0.717, 1.165) is 63.3 Å². The summed E-state index contributed by atoms with van der Waals surface area (Å²) in [5.41, 5.74) is 4.33. The van der Waals surface area contributed by atoms with E-state index in [4.69, 9.17) is 19.7 Å². The molecule has 2 fully saturated rings. The van der Waals surface area contributed by atoms with Crippen LogP contribution in [0.3, 0.4) is 0 Å². The van der Waals surface area contributed by atoms with Gasteiger partial charge >= 0.3 is 18.1 Å². The number of carboxylic acid groups (broad SMARTS) is 2. The molecule has 43 heavy (non-hydrogen) atoms. The van der Waals surface area contributed by atoms with E-state index in [1.807, 2.05) is 29.2 Å². The van der Waals surface area contributed by atoms with E-state index < -0.39 is 18.1 Å². The van der Waals surface area contributed by atoms with Gasteiger partial charge in [-0.05, 0) is 81.6 Å². The standard InChI is InChI=1S/C30H38N2O4.C2HF3O2/c1-29(2)20-23-7-5-8-24(27(23)36-29)21-31-16-12-30(13-17-31)14-18-32(19-15-30)28(35)25-9-4-3-6-22(25)10-11-26(33)34;3-2(4,5)1(6)7/h3-9H,10-21H2,1-2H3,(H,33,34);(H,6,7). The summed E-state index contributed by atoms with van der Waals surface area (Å²) in [7, 11) is 0. The van der Waals surface area contributed by atoms with Gasteiger partial charge in [0, 0.05) is 43.6 Å². The highest BCUT2D eigenvalue weighted by molar-refractivity contribution is 5.96. The van der Waals surface area contributed by atoms with Crippen molar-refractivity contribution >= 4 is 17.8 Å². The van der Waals surface area contributed by atoms with Crippen LogP contribution in [0, 0.1) is 5.41 Å². The topological polar surface area (TPSA) is 107 Å². The minimum absolute atomic E-state index is 0.0412. The molecule has 1 amide bonds. The van der Waals surface area contributed by atoms with E-state index in [9.17, 15) is 22.8 Å². The zero-order chi connectivity index (χ0) is 31.4. The van der Waals surface area contributed by atoms with E-state index in [-0.39, 0.29) is 17.9 Å². The highest BCUT2D eigenvalue weighted by Gasteiger charge is 2.40. The summed E-state index contributed by atoms with van der Waals surface area (Å²) in [6, 6.07) is 14.0. The van der Waals surface area contributed by atoms with Crippen LogP contribution in [0.25, 0.3) is 0 Å². The Kier molecular flexibility index (Phi) is 9.73. The van der Waals surface area contributed by atoms with Gasteiger partial charge < -0.3 is 19.8 Å². The number of alkyl halides is 3. The molecule has 0 bridgehead atoms. The summed E-state index contributed by atoms with van der Waals surface area (Å²) in [5.74, 6) is -2.45. The molecule has 11 heteroatoms. The largest absolute Gasteiger partial charge is 0.490 e. The second kappa shape index (κ2) is 13.0. The van der Waals surface area contributed by atoms with E-state index >= 15 is 0 Å². The van der Waals surface area contributed by atoms with Crippen LogP contribution >= 0.6 is 0 Å². The number of fused-ring (bicyclic) bond motifs is 1. The number of hydrogen-bond acceptors (Lipinski definition) is 5. The molecule has 2 saturated heterocycles. The van der Waals surface area contributed by atoms with Crippen LogP contribution < -0.4 is 4.74 Å². The normalized spacial score (nSPS) is 19.1. The number of likely N-dealkylation sites (tertiary alicyclic amines) is 2. The Bertz CT molecular complexity index is 1320. The number of ether oxygens (including phenoxy) is 1. The fourth-order valence-corrected chi connectivity index (χ4v) is 6.27. The molecule has 3 aliphatic rings. The number of carboxylic acids is 2. The second-order valence-electron chi connectivity index (χ2n) is 12.4. The van der Waals surface area contributed by atoms with Crippen molar-refractivity contribution in [1.29, 1.82) is 0 Å². The molecule has 8 nitrogen and oxygen atoms in total. The van der Waals surface area contributed by atoms with Crippen LogP contribution in [0.2, 0.25) is 0 Å². The van der Waals surface area contributed by atoms with E-state index in [2.05, 4.69) is 36.9 Å². The molecule has 2 aromatic carbocycles. The molecule has 3 aliphatic heterocycles. The number of halogens is 3. The summed E-state index contributed by atoms with van der Waals surface area (Å²) in [6.07, 6.45) is 0.747. The first-order valence-corrected chi connectivity index (χ1v) is 14.6. The number of carbonyl (C=O) groups excluding carboxylic acids is 1. The summed E-state index contributed by atoms with van der Waals surface area (Å²) in [5, 5.41) is 16.2. The van der Waals surface area contributed by atoms with E-state index in [1.165, 1.54) is 24.0 Å². The lowest BCUT2D eigenvalue weighted by Gasteiger charge is -2.47. The number of rotatable bonds is 6. The van der Waals surface area contributed by atoms with Crippen LogP contribution in [0.1, 0.15) is 73.0 Å². The molecular formula is C32H39F3N2O6. The Morgan fingerprint density at radius 1 is 0.884 bits per heavy atom. The predicted molar refractivity (Wildman–Crippen MR) is 153 cm³/mol. The van der Waals surface area contributed by atoms with Gasteiger partial charge in [0.2, 0.25) is 0 Å². The fraction of sp³-hybridized carbons (Fsp3) is 0.531. The fourth-order valence-electron chi connectivity index (χ4n) is 6.27. The van der Waals surface area contributed by atoms with Crippen molar-refractivity contribution in [2.24, 2.45) is 5.41 Å². The molecule has 3 heterocycles. The lowest BCUT2D eigenvalue weighted by molar-refractivity contribution is -0.192. The molecule has 0 atom stereocenters. The molecular weight excluding hydrogens is 565 g/mol. The highest BCUT2D eigenvalue weighted by atomic mass is 19.4. The van der Waals surface area contributed by atoms with Gasteiger partial charge in [0.15, 0.2) is 0 Å². The number of benzene rings is 2. The predicted octanol–water partition coefficient (Wildman–Crippen LogP) is 5.57. The summed E-state index contributed by atoms with van der Waals surface area (Å²) >= 11 is 0. The SMILES string of the molecule is CC1(C)Cc2cccc(CN3CCC4(CC3)CCN(C(=O)c3ccccc3CCC(=O)O)CC4)c2O1.O=C(O)C(F)(F)F. The second-order valence-corrected chi connectivity index (χ2v) is 12.4. The molecule has 1 spiro atoms. The minimum Gasteiger partial charge on any atom is -0.487 e. The maximum atomic E-state index is 13.3. The maximum absolute atomic E-state index is 13.3. The quantitative estimate of drug-likeness (QED) is 0.444. The lowest BCUT2D eigenvalue weighted by Crippen LogP contribution is -2.48. The van der Waals surface area contributed by atoms with Crippen molar-refractivity contribution in [2.45, 2.75) is 77.1 Å². The van der Waals surface area contributed by atoms with Crippen LogP contribution in [-0.4, -0.2) is 75.8 Å². The molecule has 0 radical (unpaired) electrons. The third-order valence-electron chi connectivity index (χ3n) is 8.69. The van der Waals surface area contributed by atoms with Gasteiger partial charge in [-0.25, -0.2) is 4.79 Å². The first-order valence-electron chi connectivity index (χ1n) is 14.6. The number of hydrogen-bond donors (Lipinski definition) is 2. The van der Waals surface area contributed by atoms with Gasteiger partial charge in [0.25, 0.3) is 5.91 Å². The van der Waals surface area contributed by atoms with Crippen molar-refractivity contribution in [3.8, 4) is 5.75 Å². The van der Waals surface area contributed by atoms with Gasteiger partial charge in [0.1, 0.15) is 11.4 Å². The average Bonchev–Trinajstić information content (AvgIpc) is 3.28. The number of aryl methyl sites for hydroxylation is 1. The molecule has 0 unspecified atom stereocenters. The van der Waals surface area contributed by atoms with Crippen molar-refractivity contribution in [3.63, 3.8) is 0 Å². The zero-order valence-electron chi connectivity index (χ0n) is 24.6. The van der Waals surface area contributed by atoms with Gasteiger partial charge in [-0.3, -0.25) is 14.5 Å². The lowest BCUT2D eigenvalue weighted by atomic mass is 9.71. The molecule has 0 aliphatic carbocycles. The number of aliphatic carboxylic acids is 2. The third kappa shape index (κ3) is 8.28. The molecule has 0 saturated carbocycles. The van der Waals surface area contributed by atoms with Gasteiger partial charge in [-0.1, -0.05) is 36.4 Å². The summed E-state index contributed by atoms with van der Waals surface area (Å²) in [6.45, 7) is 8.98. The number of piperidine rings is 2. The first kappa shape index (κ1) is 32.3. The number of para-hydroxylation sites is 1. The maximum Gasteiger partial charge on any atom is 0.490 e. The molecule has 5 rings (SSSR count). The Morgan fingerprint density at radius 3 is 2.07 bits per heavy atom. The van der Waals surface area contributed by atoms with Crippen molar-refractivity contribution in [2.75, 3.05) is 26.2 Å². The highest BCUT2D eigenvalue weighted by Crippen LogP contribution is 2.43. The van der Waals surface area contributed by atoms with Crippen LogP contribution in [0.15, 0.2) is 42.5 Å². The first-order chi connectivity index (χ1) is 20.2. The monoisotopic (exact) mass is 604 g/mol. The zero-order valence-corrected chi connectivity index (χ0v) is 24.6. The Morgan fingerprint density at radius 2 is 1.47 bits per heavy atom. The van der Waals surface area contributed by atoms with E-state index in [1.54, 1.807) is 0 Å². The van der Waals surface area contributed by atoms with Crippen LogP contribution in [0.5, 0.6) is 5.75 Å². The summed E-state index contributed by atoms with van der Waals surface area (Å²) in [4.78, 5) is 37.7. The molecule has 2 aromatic rings. The molecule has 234 valence electrons. The number of amides is 1. The van der Waals surface area contributed by atoms with Gasteiger partial charge in [0.05, 0.1) is 0 Å². The Balaban J connectivity index is 0.000000541. The van der Waals surface area contributed by atoms with Crippen molar-refractivity contribution in [1.82, 2.24) is 9.80 Å². The Hall–Kier alpha value is -3.60. The van der Waals surface area contributed by atoms with Crippen molar-refractivity contribution < 1.29 is 42.5 Å². The summed E-state index contributed by atoms with van der Waals surface area (Å²) < 4.78 is 38.0. The van der Waals surface area contributed by atoms with Crippen LogP contribution in [-0.2, 0) is 29.0 Å². The number of carbonyl (C=O) groups is 3. The van der Waals surface area contributed by atoms with Crippen molar-refractivity contribution in [3.05, 3.63) is 64.7 Å². The Labute approximate surface area is 249 Å². The number of nitrogens with zero attached hydrogens (tertiary/aromatic N) is 2. The smallest absolute Gasteiger partial charge is 0.487 e. The van der Waals surface area contributed by atoms with Gasteiger partial charge in [-0.2, -0.15) is 13.2 Å². The third-order valence-corrected chi connectivity index (χ3v) is 8.69. The van der Waals surface area contributed by atoms with Gasteiger partial charge in [-0.15, -0.1) is 0 Å². The molecule has 2 N–H and O–H groups in total. The van der Waals surface area contributed by atoms with Crippen LogP contribution in [0.4, 0.5) is 13.2 Å². The molecule has 0 aromatic heterocycles. The van der Waals surface area contributed by atoms with E-state index in [0.29, 0.717) is 17.4 Å². The average molecular weight is 605 g/mol. The minimum atomic E-state index is -5.08.